The second kappa shape index (κ2) is 11.7. The van der Waals surface area contributed by atoms with Gasteiger partial charge >= 0.3 is 0 Å². The van der Waals surface area contributed by atoms with E-state index in [0.717, 1.165) is 19.3 Å². The van der Waals surface area contributed by atoms with Crippen LogP contribution in [-0.4, -0.2) is 23.7 Å². The number of nitrogens with one attached hydrogen (secondary N) is 1. The maximum atomic E-state index is 10.5. The van der Waals surface area contributed by atoms with Gasteiger partial charge in [0.1, 0.15) is 0 Å². The molecule has 0 aromatic heterocycles. The SMILES string of the molecule is CC(=O)NCCCCCC(O)CC#N.[Au]. The molecule has 0 aliphatic heterocycles. The summed E-state index contributed by atoms with van der Waals surface area (Å²) in [6.45, 7) is 2.19. The van der Waals surface area contributed by atoms with Crippen LogP contribution in [0.15, 0.2) is 0 Å². The first-order valence-corrected chi connectivity index (χ1v) is 4.96. The molecule has 1 atom stereocenters. The average Bonchev–Trinajstić information content (AvgIpc) is 2.11. The summed E-state index contributed by atoms with van der Waals surface area (Å²) < 4.78 is 0. The first kappa shape index (κ1) is 17.1. The number of amides is 1. The van der Waals surface area contributed by atoms with E-state index in [1.165, 1.54) is 6.92 Å². The minimum absolute atomic E-state index is 0. The second-order valence-electron chi connectivity index (χ2n) is 3.35. The van der Waals surface area contributed by atoms with Crippen LogP contribution in [-0.2, 0) is 27.2 Å². The number of carbonyl (C=O) groups is 1. The Morgan fingerprint density at radius 2 is 2.13 bits per heavy atom. The van der Waals surface area contributed by atoms with Crippen LogP contribution >= 0.6 is 0 Å². The fraction of sp³-hybridized carbons (Fsp3) is 0.800. The van der Waals surface area contributed by atoms with Crippen LogP contribution in [0, 0.1) is 11.3 Å². The number of aliphatic hydroxyl groups is 1. The van der Waals surface area contributed by atoms with E-state index in [0.29, 0.717) is 13.0 Å². The molecule has 91 valence electrons. The third kappa shape index (κ3) is 13.7. The summed E-state index contributed by atoms with van der Waals surface area (Å²) in [6.07, 6.45) is 3.21. The van der Waals surface area contributed by atoms with Gasteiger partial charge in [0.25, 0.3) is 0 Å². The van der Waals surface area contributed by atoms with Crippen molar-refractivity contribution >= 4 is 5.91 Å². The number of unbranched alkanes of at least 4 members (excludes halogenated alkanes) is 2. The molecule has 0 aliphatic carbocycles. The Kier molecular flexibility index (Phi) is 13.4. The van der Waals surface area contributed by atoms with E-state index in [-0.39, 0.29) is 34.7 Å². The van der Waals surface area contributed by atoms with Gasteiger partial charge in [-0.15, -0.1) is 0 Å². The third-order valence-electron chi connectivity index (χ3n) is 1.91. The van der Waals surface area contributed by atoms with Crippen LogP contribution in [0.2, 0.25) is 0 Å². The van der Waals surface area contributed by atoms with Crippen LogP contribution in [0.5, 0.6) is 0 Å². The summed E-state index contributed by atoms with van der Waals surface area (Å²) in [5, 5.41) is 20.2. The number of aliphatic hydroxyl groups excluding tert-OH is 1. The Labute approximate surface area is 107 Å². The van der Waals surface area contributed by atoms with Crippen molar-refractivity contribution in [3.05, 3.63) is 0 Å². The van der Waals surface area contributed by atoms with Gasteiger partial charge < -0.3 is 10.4 Å². The van der Waals surface area contributed by atoms with Crippen molar-refractivity contribution in [2.24, 2.45) is 0 Å². The Morgan fingerprint density at radius 3 is 2.67 bits per heavy atom. The zero-order valence-electron chi connectivity index (χ0n) is 8.92. The predicted molar refractivity (Wildman–Crippen MR) is 53.4 cm³/mol. The van der Waals surface area contributed by atoms with Crippen LogP contribution in [0.3, 0.4) is 0 Å². The topological polar surface area (TPSA) is 73.1 Å². The Morgan fingerprint density at radius 1 is 1.47 bits per heavy atom. The van der Waals surface area contributed by atoms with Crippen LogP contribution in [0.4, 0.5) is 0 Å². The molecule has 1 unspecified atom stereocenters. The molecule has 0 rings (SSSR count). The molecule has 5 heteroatoms. The number of carbonyl (C=O) groups excluding carboxylic acids is 1. The van der Waals surface area contributed by atoms with Crippen molar-refractivity contribution in [2.75, 3.05) is 6.54 Å². The first-order chi connectivity index (χ1) is 6.66. The minimum atomic E-state index is -0.485. The molecular formula is C10H18AuN2O2. The number of nitrogens with zero attached hydrogens (tertiary/aromatic N) is 1. The molecule has 0 spiro atoms. The maximum absolute atomic E-state index is 10.5. The first-order valence-electron chi connectivity index (χ1n) is 4.96. The third-order valence-corrected chi connectivity index (χ3v) is 1.91. The van der Waals surface area contributed by atoms with Gasteiger partial charge in [-0.1, -0.05) is 12.8 Å². The summed E-state index contributed by atoms with van der Waals surface area (Å²) in [5.41, 5.74) is 0. The maximum Gasteiger partial charge on any atom is 0.216 e. The smallest absolute Gasteiger partial charge is 0.216 e. The van der Waals surface area contributed by atoms with E-state index < -0.39 is 6.10 Å². The van der Waals surface area contributed by atoms with Crippen LogP contribution in [0.25, 0.3) is 0 Å². The van der Waals surface area contributed by atoms with E-state index in [9.17, 15) is 9.90 Å². The Hall–Kier alpha value is -0.340. The molecule has 0 aromatic rings. The number of nitriles is 1. The Bertz CT molecular complexity index is 204. The van der Waals surface area contributed by atoms with Gasteiger partial charge in [-0.25, -0.2) is 0 Å². The van der Waals surface area contributed by atoms with Gasteiger partial charge in [0, 0.05) is 35.8 Å². The van der Waals surface area contributed by atoms with Gasteiger partial charge in [-0.2, -0.15) is 5.26 Å². The van der Waals surface area contributed by atoms with Gasteiger partial charge in [0.2, 0.25) is 5.91 Å². The zero-order valence-corrected chi connectivity index (χ0v) is 11.1. The summed E-state index contributed by atoms with van der Waals surface area (Å²) in [5.74, 6) is -0.00508. The second-order valence-corrected chi connectivity index (χ2v) is 3.35. The molecule has 0 saturated heterocycles. The molecule has 0 bridgehead atoms. The van der Waals surface area contributed by atoms with Crippen LogP contribution < -0.4 is 5.32 Å². The standard InChI is InChI=1S/C10H18N2O2.Au/c1-9(13)12-8-4-2-3-5-10(14)6-7-11;/h10,14H,2-6,8H2,1H3,(H,12,13);. The molecule has 2 N–H and O–H groups in total. The Balaban J connectivity index is 0. The molecule has 1 amide bonds. The monoisotopic (exact) mass is 395 g/mol. The molecule has 0 aromatic carbocycles. The molecule has 0 aliphatic rings. The van der Waals surface area contributed by atoms with Crippen molar-refractivity contribution in [3.63, 3.8) is 0 Å². The van der Waals surface area contributed by atoms with Gasteiger partial charge in [-0.3, -0.25) is 4.79 Å². The number of hydrogen-bond acceptors (Lipinski definition) is 3. The van der Waals surface area contributed by atoms with E-state index in [2.05, 4.69) is 5.32 Å². The number of hydrogen-bond donors (Lipinski definition) is 2. The van der Waals surface area contributed by atoms with Crippen molar-refractivity contribution in [1.82, 2.24) is 5.32 Å². The molecule has 4 nitrogen and oxygen atoms in total. The minimum Gasteiger partial charge on any atom is -0.392 e. The average molecular weight is 395 g/mol. The summed E-state index contributed by atoms with van der Waals surface area (Å²) in [4.78, 5) is 10.5. The quantitative estimate of drug-likeness (QED) is 0.498. The van der Waals surface area contributed by atoms with Crippen LogP contribution in [0.1, 0.15) is 39.0 Å². The van der Waals surface area contributed by atoms with Gasteiger partial charge in [0.15, 0.2) is 0 Å². The van der Waals surface area contributed by atoms with Crippen molar-refractivity contribution in [2.45, 2.75) is 45.1 Å². The largest absolute Gasteiger partial charge is 0.392 e. The molecule has 15 heavy (non-hydrogen) atoms. The van der Waals surface area contributed by atoms with E-state index >= 15 is 0 Å². The summed E-state index contributed by atoms with van der Waals surface area (Å²) >= 11 is 0. The molecular weight excluding hydrogens is 377 g/mol. The van der Waals surface area contributed by atoms with Gasteiger partial charge in [-0.05, 0) is 12.8 Å². The van der Waals surface area contributed by atoms with E-state index in [1.54, 1.807) is 0 Å². The summed E-state index contributed by atoms with van der Waals surface area (Å²) in [7, 11) is 0. The summed E-state index contributed by atoms with van der Waals surface area (Å²) in [6, 6.07) is 1.93. The van der Waals surface area contributed by atoms with E-state index in [4.69, 9.17) is 5.26 Å². The van der Waals surface area contributed by atoms with Crippen molar-refractivity contribution in [3.8, 4) is 6.07 Å². The molecule has 1 radical (unpaired) electrons. The van der Waals surface area contributed by atoms with Crippen molar-refractivity contribution in [1.29, 1.82) is 5.26 Å². The fourth-order valence-electron chi connectivity index (χ4n) is 1.15. The normalized spacial score (nSPS) is 11.0. The fourth-order valence-corrected chi connectivity index (χ4v) is 1.15. The van der Waals surface area contributed by atoms with Crippen molar-refractivity contribution < 1.29 is 32.3 Å². The number of rotatable bonds is 7. The zero-order chi connectivity index (χ0) is 10.8. The van der Waals surface area contributed by atoms with E-state index in [1.807, 2.05) is 6.07 Å². The molecule has 0 saturated carbocycles. The molecule has 0 fully saturated rings. The predicted octanol–water partition coefficient (Wildman–Crippen LogP) is 0.955. The molecule has 0 heterocycles. The van der Waals surface area contributed by atoms with Gasteiger partial charge in [0.05, 0.1) is 18.6 Å².